The minimum atomic E-state index is -0.934. The van der Waals surface area contributed by atoms with Crippen LogP contribution in [0.3, 0.4) is 0 Å². The number of benzene rings is 2. The molecule has 0 saturated carbocycles. The van der Waals surface area contributed by atoms with E-state index < -0.39 is 5.97 Å². The van der Waals surface area contributed by atoms with Gasteiger partial charge in [0.15, 0.2) is 0 Å². The highest BCUT2D eigenvalue weighted by molar-refractivity contribution is 14.1. The normalized spacial score (nSPS) is 10.7. The highest BCUT2D eigenvalue weighted by Crippen LogP contribution is 2.27. The van der Waals surface area contributed by atoms with Crippen LogP contribution in [0.15, 0.2) is 54.6 Å². The fourth-order valence-corrected chi connectivity index (χ4v) is 2.77. The SMILES string of the molecule is O=C(O)c1cc(-c2ccccc2)nc2c(I)cccc12. The molecule has 1 aromatic heterocycles. The van der Waals surface area contributed by atoms with Crippen molar-refractivity contribution < 1.29 is 9.90 Å². The van der Waals surface area contributed by atoms with Crippen molar-refractivity contribution in [1.82, 2.24) is 4.98 Å². The predicted octanol–water partition coefficient (Wildman–Crippen LogP) is 4.20. The van der Waals surface area contributed by atoms with Crippen LogP contribution >= 0.6 is 22.6 Å². The van der Waals surface area contributed by atoms with E-state index in [9.17, 15) is 9.90 Å². The zero-order chi connectivity index (χ0) is 14.1. The van der Waals surface area contributed by atoms with Crippen molar-refractivity contribution in [1.29, 1.82) is 0 Å². The number of para-hydroxylation sites is 1. The number of carboxylic acid groups (broad SMARTS) is 1. The molecule has 1 heterocycles. The number of hydrogen-bond acceptors (Lipinski definition) is 2. The van der Waals surface area contributed by atoms with Crippen molar-refractivity contribution >= 4 is 39.5 Å². The Kier molecular flexibility index (Phi) is 3.40. The van der Waals surface area contributed by atoms with Gasteiger partial charge >= 0.3 is 5.97 Å². The second kappa shape index (κ2) is 5.20. The summed E-state index contributed by atoms with van der Waals surface area (Å²) in [5.74, 6) is -0.934. The standard InChI is InChI=1S/C16H10INO2/c17-13-8-4-7-11-12(16(19)20)9-14(18-15(11)13)10-5-2-1-3-6-10/h1-9H,(H,19,20). The first-order chi connectivity index (χ1) is 9.66. The molecule has 1 N–H and O–H groups in total. The molecule has 4 heteroatoms. The van der Waals surface area contributed by atoms with E-state index in [4.69, 9.17) is 0 Å². The summed E-state index contributed by atoms with van der Waals surface area (Å²) in [5, 5.41) is 10.1. The molecule has 0 aliphatic heterocycles. The second-order valence-electron chi connectivity index (χ2n) is 4.36. The summed E-state index contributed by atoms with van der Waals surface area (Å²) in [6, 6.07) is 16.8. The lowest BCUT2D eigenvalue weighted by Crippen LogP contribution is -2.01. The van der Waals surface area contributed by atoms with E-state index >= 15 is 0 Å². The molecule has 0 spiro atoms. The van der Waals surface area contributed by atoms with Crippen LogP contribution in [0.25, 0.3) is 22.2 Å². The molecule has 0 aliphatic rings. The van der Waals surface area contributed by atoms with E-state index in [0.717, 1.165) is 14.7 Å². The van der Waals surface area contributed by atoms with Crippen molar-refractivity contribution in [3.05, 3.63) is 63.7 Å². The Balaban J connectivity index is 2.36. The second-order valence-corrected chi connectivity index (χ2v) is 5.52. The van der Waals surface area contributed by atoms with E-state index in [1.807, 2.05) is 42.5 Å². The lowest BCUT2D eigenvalue weighted by Gasteiger charge is -2.08. The lowest BCUT2D eigenvalue weighted by molar-refractivity contribution is 0.0699. The van der Waals surface area contributed by atoms with E-state index in [1.54, 1.807) is 12.1 Å². The van der Waals surface area contributed by atoms with Crippen molar-refractivity contribution in [3.63, 3.8) is 0 Å². The van der Waals surface area contributed by atoms with Gasteiger partial charge in [-0.15, -0.1) is 0 Å². The topological polar surface area (TPSA) is 50.2 Å². The molecule has 0 amide bonds. The van der Waals surface area contributed by atoms with Gasteiger partial charge in [-0.25, -0.2) is 9.78 Å². The van der Waals surface area contributed by atoms with E-state index in [1.165, 1.54) is 0 Å². The van der Waals surface area contributed by atoms with E-state index in [2.05, 4.69) is 27.6 Å². The number of rotatable bonds is 2. The monoisotopic (exact) mass is 375 g/mol. The van der Waals surface area contributed by atoms with Crippen LogP contribution in [0.4, 0.5) is 0 Å². The molecule has 0 aliphatic carbocycles. The maximum Gasteiger partial charge on any atom is 0.336 e. The van der Waals surface area contributed by atoms with Gasteiger partial charge in [0.25, 0.3) is 0 Å². The number of carboxylic acids is 1. The zero-order valence-corrected chi connectivity index (χ0v) is 12.5. The molecule has 0 saturated heterocycles. The molecule has 98 valence electrons. The van der Waals surface area contributed by atoms with Crippen LogP contribution in [-0.4, -0.2) is 16.1 Å². The Morgan fingerprint density at radius 1 is 1.05 bits per heavy atom. The number of fused-ring (bicyclic) bond motifs is 1. The van der Waals surface area contributed by atoms with Crippen LogP contribution < -0.4 is 0 Å². The molecule has 3 nitrogen and oxygen atoms in total. The van der Waals surface area contributed by atoms with Gasteiger partial charge in [-0.1, -0.05) is 42.5 Å². The van der Waals surface area contributed by atoms with Gasteiger partial charge < -0.3 is 5.11 Å². The molecule has 0 unspecified atom stereocenters. The summed E-state index contributed by atoms with van der Waals surface area (Å²) < 4.78 is 0.945. The molecule has 20 heavy (non-hydrogen) atoms. The van der Waals surface area contributed by atoms with Crippen molar-refractivity contribution in [2.75, 3.05) is 0 Å². The summed E-state index contributed by atoms with van der Waals surface area (Å²) in [6.07, 6.45) is 0. The van der Waals surface area contributed by atoms with Crippen LogP contribution in [-0.2, 0) is 0 Å². The first-order valence-electron chi connectivity index (χ1n) is 6.05. The largest absolute Gasteiger partial charge is 0.478 e. The zero-order valence-electron chi connectivity index (χ0n) is 10.4. The fraction of sp³-hybridized carbons (Fsp3) is 0. The average Bonchev–Trinajstić information content (AvgIpc) is 2.47. The minimum absolute atomic E-state index is 0.285. The number of nitrogens with zero attached hydrogens (tertiary/aromatic N) is 1. The Morgan fingerprint density at radius 2 is 1.80 bits per heavy atom. The molecular weight excluding hydrogens is 365 g/mol. The number of hydrogen-bond donors (Lipinski definition) is 1. The highest BCUT2D eigenvalue weighted by Gasteiger charge is 2.14. The molecule has 0 atom stereocenters. The van der Waals surface area contributed by atoms with Crippen molar-refractivity contribution in [2.24, 2.45) is 0 Å². The third kappa shape index (κ3) is 2.27. The van der Waals surface area contributed by atoms with Crippen LogP contribution in [0.2, 0.25) is 0 Å². The Morgan fingerprint density at radius 3 is 2.50 bits per heavy atom. The lowest BCUT2D eigenvalue weighted by atomic mass is 10.0. The fourth-order valence-electron chi connectivity index (χ4n) is 2.15. The first kappa shape index (κ1) is 13.1. The molecular formula is C16H10INO2. The van der Waals surface area contributed by atoms with Gasteiger partial charge in [0, 0.05) is 14.5 Å². The Labute approximate surface area is 129 Å². The summed E-state index contributed by atoms with van der Waals surface area (Å²) in [7, 11) is 0. The molecule has 3 rings (SSSR count). The predicted molar refractivity (Wildman–Crippen MR) is 86.9 cm³/mol. The van der Waals surface area contributed by atoms with E-state index in [-0.39, 0.29) is 5.56 Å². The highest BCUT2D eigenvalue weighted by atomic mass is 127. The van der Waals surface area contributed by atoms with Gasteiger partial charge in [-0.05, 0) is 34.7 Å². The molecule has 3 aromatic rings. The van der Waals surface area contributed by atoms with Crippen molar-refractivity contribution in [2.45, 2.75) is 0 Å². The number of halogens is 1. The van der Waals surface area contributed by atoms with Crippen LogP contribution in [0.5, 0.6) is 0 Å². The summed E-state index contributed by atoms with van der Waals surface area (Å²) >= 11 is 2.18. The summed E-state index contributed by atoms with van der Waals surface area (Å²) in [4.78, 5) is 16.1. The molecule has 0 bridgehead atoms. The van der Waals surface area contributed by atoms with Crippen molar-refractivity contribution in [3.8, 4) is 11.3 Å². The third-order valence-corrected chi connectivity index (χ3v) is 3.96. The molecule has 0 radical (unpaired) electrons. The summed E-state index contributed by atoms with van der Waals surface area (Å²) in [5.41, 5.74) is 2.61. The minimum Gasteiger partial charge on any atom is -0.478 e. The number of aromatic carboxylic acids is 1. The van der Waals surface area contributed by atoms with E-state index in [0.29, 0.717) is 11.1 Å². The van der Waals surface area contributed by atoms with Gasteiger partial charge in [-0.2, -0.15) is 0 Å². The maximum atomic E-state index is 11.5. The van der Waals surface area contributed by atoms with Gasteiger partial charge in [0.05, 0.1) is 16.8 Å². The maximum absolute atomic E-state index is 11.5. The average molecular weight is 375 g/mol. The van der Waals surface area contributed by atoms with Gasteiger partial charge in [0.1, 0.15) is 0 Å². The number of aromatic nitrogens is 1. The number of pyridine rings is 1. The quantitative estimate of drug-likeness (QED) is 0.683. The summed E-state index contributed by atoms with van der Waals surface area (Å²) in [6.45, 7) is 0. The molecule has 0 fully saturated rings. The first-order valence-corrected chi connectivity index (χ1v) is 7.12. The molecule has 2 aromatic carbocycles. The van der Waals surface area contributed by atoms with Crippen LogP contribution in [0.1, 0.15) is 10.4 Å². The van der Waals surface area contributed by atoms with Crippen LogP contribution in [0, 0.1) is 3.57 Å². The Hall–Kier alpha value is -1.95. The number of carbonyl (C=O) groups is 1. The van der Waals surface area contributed by atoms with Gasteiger partial charge in [-0.3, -0.25) is 0 Å². The smallest absolute Gasteiger partial charge is 0.336 e. The Bertz CT molecular complexity index is 800. The van der Waals surface area contributed by atoms with Gasteiger partial charge in [0.2, 0.25) is 0 Å². The third-order valence-electron chi connectivity index (χ3n) is 3.09.